The molecule has 10 heteroatoms. The fourth-order valence-electron chi connectivity index (χ4n) is 4.57. The van der Waals surface area contributed by atoms with E-state index in [0.29, 0.717) is 52.3 Å². The smallest absolute Gasteiger partial charge is 0.293 e. The van der Waals surface area contributed by atoms with Gasteiger partial charge in [-0.1, -0.05) is 6.07 Å². The Hall–Kier alpha value is -4.70. The number of likely N-dealkylation sites (N-methyl/N-ethyl adjacent to an activating group) is 1. The fourth-order valence-corrected chi connectivity index (χ4v) is 4.57. The first-order chi connectivity index (χ1) is 19.2. The number of hydrogen-bond donors (Lipinski definition) is 2. The SMILES string of the molecule is COc1cc(CN(C)CC(=O)Nc2c(C=O)cc(Cn3ccoc3=N)cc2-c2ccc(F)cc2C)cc(OC)c1. The van der Waals surface area contributed by atoms with Crippen molar-refractivity contribution in [2.24, 2.45) is 0 Å². The Bertz CT molecular complexity index is 1570. The van der Waals surface area contributed by atoms with Crippen molar-refractivity contribution in [1.29, 1.82) is 5.41 Å². The lowest BCUT2D eigenvalue weighted by atomic mass is 9.94. The number of halogens is 1. The zero-order valence-corrected chi connectivity index (χ0v) is 22.8. The number of ether oxygens (including phenoxy) is 2. The highest BCUT2D eigenvalue weighted by Crippen LogP contribution is 2.35. The number of aryl methyl sites for hydroxylation is 1. The van der Waals surface area contributed by atoms with E-state index in [1.165, 1.54) is 18.4 Å². The Morgan fingerprint density at radius 1 is 1.07 bits per heavy atom. The number of aromatic nitrogens is 1. The lowest BCUT2D eigenvalue weighted by Gasteiger charge is -2.20. The van der Waals surface area contributed by atoms with Crippen LogP contribution in [0.15, 0.2) is 65.4 Å². The van der Waals surface area contributed by atoms with E-state index >= 15 is 0 Å². The molecule has 0 radical (unpaired) electrons. The second kappa shape index (κ2) is 12.4. The first-order valence-electron chi connectivity index (χ1n) is 12.5. The van der Waals surface area contributed by atoms with Crippen LogP contribution in [0.5, 0.6) is 11.5 Å². The summed E-state index contributed by atoms with van der Waals surface area (Å²) in [6, 6.07) is 13.4. The highest BCUT2D eigenvalue weighted by molar-refractivity contribution is 6.03. The zero-order chi connectivity index (χ0) is 28.8. The maximum absolute atomic E-state index is 13.9. The summed E-state index contributed by atoms with van der Waals surface area (Å²) in [5.74, 6) is 0.579. The zero-order valence-electron chi connectivity index (χ0n) is 22.8. The quantitative estimate of drug-likeness (QED) is 0.266. The molecule has 0 fully saturated rings. The monoisotopic (exact) mass is 546 g/mol. The van der Waals surface area contributed by atoms with Crippen LogP contribution in [0, 0.1) is 18.2 Å². The van der Waals surface area contributed by atoms with Crippen molar-refractivity contribution in [3.8, 4) is 22.6 Å². The molecule has 0 bridgehead atoms. The van der Waals surface area contributed by atoms with E-state index in [9.17, 15) is 14.0 Å². The third-order valence-corrected chi connectivity index (χ3v) is 6.41. The third-order valence-electron chi connectivity index (χ3n) is 6.41. The molecule has 0 aliphatic carbocycles. The molecule has 0 saturated carbocycles. The second-order valence-corrected chi connectivity index (χ2v) is 9.46. The van der Waals surface area contributed by atoms with Crippen molar-refractivity contribution in [2.45, 2.75) is 20.0 Å². The number of carbonyl (C=O) groups excluding carboxylic acids is 2. The summed E-state index contributed by atoms with van der Waals surface area (Å²) in [5, 5.41) is 10.8. The standard InChI is InChI=1S/C30H31FN4O5/c1-19-9-23(31)5-6-26(19)27-13-20(16-35-7-8-40-30(35)32)10-22(18-36)29(27)33-28(37)17-34(2)15-21-11-24(38-3)14-25(12-21)39-4/h5-14,18,32H,15-17H2,1-4H3,(H,33,37). The minimum absolute atomic E-state index is 0.0362. The van der Waals surface area contributed by atoms with Gasteiger partial charge in [-0.15, -0.1) is 0 Å². The Balaban J connectivity index is 1.64. The molecule has 4 aromatic rings. The van der Waals surface area contributed by atoms with Gasteiger partial charge in [0.1, 0.15) is 23.6 Å². The van der Waals surface area contributed by atoms with Gasteiger partial charge in [0.05, 0.1) is 33.0 Å². The molecule has 40 heavy (non-hydrogen) atoms. The van der Waals surface area contributed by atoms with Gasteiger partial charge < -0.3 is 19.2 Å². The number of anilines is 1. The minimum atomic E-state index is -0.387. The van der Waals surface area contributed by atoms with Gasteiger partial charge >= 0.3 is 0 Å². The van der Waals surface area contributed by atoms with Crippen LogP contribution < -0.4 is 20.5 Å². The number of benzene rings is 3. The summed E-state index contributed by atoms with van der Waals surface area (Å²) >= 11 is 0. The number of rotatable bonds is 11. The maximum Gasteiger partial charge on any atom is 0.293 e. The average molecular weight is 547 g/mol. The lowest BCUT2D eigenvalue weighted by molar-refractivity contribution is -0.117. The summed E-state index contributed by atoms with van der Waals surface area (Å²) in [6.45, 7) is 2.51. The molecule has 208 valence electrons. The predicted octanol–water partition coefficient (Wildman–Crippen LogP) is 4.62. The average Bonchev–Trinajstić information content (AvgIpc) is 3.32. The van der Waals surface area contributed by atoms with Crippen molar-refractivity contribution in [3.63, 3.8) is 0 Å². The van der Waals surface area contributed by atoms with Gasteiger partial charge in [-0.05, 0) is 72.6 Å². The summed E-state index contributed by atoms with van der Waals surface area (Å²) in [7, 11) is 4.96. The molecule has 1 heterocycles. The van der Waals surface area contributed by atoms with Gasteiger partial charge in [0.2, 0.25) is 5.91 Å². The van der Waals surface area contributed by atoms with Gasteiger partial charge in [0, 0.05) is 29.9 Å². The second-order valence-electron chi connectivity index (χ2n) is 9.46. The van der Waals surface area contributed by atoms with Crippen molar-refractivity contribution < 1.29 is 27.9 Å². The van der Waals surface area contributed by atoms with E-state index in [2.05, 4.69) is 5.32 Å². The molecule has 0 aliphatic heterocycles. The van der Waals surface area contributed by atoms with Crippen LogP contribution in [0.4, 0.5) is 10.1 Å². The van der Waals surface area contributed by atoms with Crippen LogP contribution >= 0.6 is 0 Å². The highest BCUT2D eigenvalue weighted by Gasteiger charge is 2.18. The Kier molecular flexibility index (Phi) is 8.80. The van der Waals surface area contributed by atoms with Crippen LogP contribution in [0.1, 0.15) is 27.0 Å². The van der Waals surface area contributed by atoms with E-state index in [0.717, 1.165) is 5.56 Å². The van der Waals surface area contributed by atoms with Crippen LogP contribution in [0.3, 0.4) is 0 Å². The minimum Gasteiger partial charge on any atom is -0.497 e. The predicted molar refractivity (Wildman–Crippen MR) is 148 cm³/mol. The van der Waals surface area contributed by atoms with E-state index < -0.39 is 0 Å². The highest BCUT2D eigenvalue weighted by atomic mass is 19.1. The molecular weight excluding hydrogens is 515 g/mol. The Morgan fingerprint density at radius 2 is 1.80 bits per heavy atom. The van der Waals surface area contributed by atoms with E-state index in [1.54, 1.807) is 57.2 Å². The summed E-state index contributed by atoms with van der Waals surface area (Å²) in [6.07, 6.45) is 3.70. The normalized spacial score (nSPS) is 10.9. The van der Waals surface area contributed by atoms with Crippen LogP contribution in [0.25, 0.3) is 11.1 Å². The maximum atomic E-state index is 13.9. The van der Waals surface area contributed by atoms with Gasteiger partial charge in [0.15, 0.2) is 6.29 Å². The number of amides is 1. The molecule has 3 aromatic carbocycles. The topological polar surface area (TPSA) is 110 Å². The van der Waals surface area contributed by atoms with Gasteiger partial charge in [-0.25, -0.2) is 4.39 Å². The molecule has 1 amide bonds. The molecule has 9 nitrogen and oxygen atoms in total. The van der Waals surface area contributed by atoms with Gasteiger partial charge in [0.25, 0.3) is 5.68 Å². The summed E-state index contributed by atoms with van der Waals surface area (Å²) < 4.78 is 31.2. The molecule has 0 atom stereocenters. The van der Waals surface area contributed by atoms with Gasteiger partial charge in [-0.2, -0.15) is 0 Å². The number of carbonyl (C=O) groups is 2. The van der Waals surface area contributed by atoms with Gasteiger partial charge in [-0.3, -0.25) is 24.5 Å². The number of hydrogen-bond acceptors (Lipinski definition) is 7. The van der Waals surface area contributed by atoms with E-state index in [-0.39, 0.29) is 36.1 Å². The molecular formula is C30H31FN4O5. The largest absolute Gasteiger partial charge is 0.497 e. The molecule has 1 aromatic heterocycles. The number of nitrogens with zero attached hydrogens (tertiary/aromatic N) is 2. The van der Waals surface area contributed by atoms with Crippen molar-refractivity contribution in [1.82, 2.24) is 9.47 Å². The first kappa shape index (κ1) is 28.3. The fraction of sp³-hybridized carbons (Fsp3) is 0.233. The molecule has 0 saturated heterocycles. The summed E-state index contributed by atoms with van der Waals surface area (Å²) in [4.78, 5) is 27.3. The number of nitrogens with one attached hydrogen (secondary N) is 2. The molecule has 2 N–H and O–H groups in total. The molecule has 0 aliphatic rings. The van der Waals surface area contributed by atoms with Crippen molar-refractivity contribution in [2.75, 3.05) is 33.1 Å². The molecule has 4 rings (SSSR count). The van der Waals surface area contributed by atoms with Crippen molar-refractivity contribution >= 4 is 17.9 Å². The van der Waals surface area contributed by atoms with E-state index in [4.69, 9.17) is 19.3 Å². The van der Waals surface area contributed by atoms with Crippen LogP contribution in [-0.4, -0.2) is 49.5 Å². The van der Waals surface area contributed by atoms with Crippen LogP contribution in [-0.2, 0) is 17.9 Å². The Morgan fingerprint density at radius 3 is 2.40 bits per heavy atom. The molecule has 0 unspecified atom stereocenters. The lowest BCUT2D eigenvalue weighted by Crippen LogP contribution is -2.30. The number of methoxy groups -OCH3 is 2. The first-order valence-corrected chi connectivity index (χ1v) is 12.5. The molecule has 0 spiro atoms. The third kappa shape index (κ3) is 6.65. The van der Waals surface area contributed by atoms with Crippen molar-refractivity contribution in [3.05, 3.63) is 94.7 Å². The Labute approximate surface area is 231 Å². The van der Waals surface area contributed by atoms with Crippen LogP contribution in [0.2, 0.25) is 0 Å². The number of aldehydes is 1. The van der Waals surface area contributed by atoms with E-state index in [1.807, 2.05) is 23.1 Å². The summed E-state index contributed by atoms with van der Waals surface area (Å²) in [5.41, 5.74) is 4.05. The number of oxazole rings is 1.